The highest BCUT2D eigenvalue weighted by atomic mass is 35.5. The Morgan fingerprint density at radius 3 is 2.45 bits per heavy atom. The second-order valence-electron chi connectivity index (χ2n) is 6.62. The molecular formula is C18H30Cl2N2. The molecule has 1 fully saturated rings. The molecule has 0 bridgehead atoms. The van der Waals surface area contributed by atoms with Crippen molar-refractivity contribution in [2.75, 3.05) is 6.54 Å². The van der Waals surface area contributed by atoms with Gasteiger partial charge in [0, 0.05) is 11.6 Å². The molecule has 1 aliphatic carbocycles. The second kappa shape index (κ2) is 9.57. The Labute approximate surface area is 147 Å². The molecule has 0 amide bonds. The molecule has 2 nitrogen and oxygen atoms in total. The summed E-state index contributed by atoms with van der Waals surface area (Å²) in [6.45, 7) is 7.46. The van der Waals surface area contributed by atoms with Gasteiger partial charge in [0.1, 0.15) is 0 Å². The average molecular weight is 345 g/mol. The number of benzene rings is 1. The molecule has 0 spiro atoms. The van der Waals surface area contributed by atoms with Crippen molar-refractivity contribution in [2.24, 2.45) is 11.7 Å². The summed E-state index contributed by atoms with van der Waals surface area (Å²) in [6.07, 6.45) is 5.80. The number of halogens is 2. The zero-order valence-corrected chi connectivity index (χ0v) is 15.5. The van der Waals surface area contributed by atoms with Crippen LogP contribution in [0.15, 0.2) is 35.9 Å². The minimum Gasteiger partial charge on any atom is -0.326 e. The first-order valence-electron chi connectivity index (χ1n) is 7.77. The number of hydrogen-bond donors (Lipinski definition) is 2. The molecule has 0 radical (unpaired) electrons. The normalized spacial score (nSPS) is 20.8. The average Bonchev–Trinajstić information content (AvgIpc) is 3.15. The van der Waals surface area contributed by atoms with E-state index in [1.165, 1.54) is 12.0 Å². The van der Waals surface area contributed by atoms with Gasteiger partial charge in [0.05, 0.1) is 0 Å². The summed E-state index contributed by atoms with van der Waals surface area (Å²) in [7, 11) is 0. The van der Waals surface area contributed by atoms with Crippen molar-refractivity contribution in [3.05, 3.63) is 41.5 Å². The number of hydrogen-bond acceptors (Lipinski definition) is 2. The lowest BCUT2D eigenvalue weighted by Crippen LogP contribution is -2.36. The Morgan fingerprint density at radius 2 is 1.91 bits per heavy atom. The lowest BCUT2D eigenvalue weighted by atomic mass is 10.0. The molecule has 126 valence electrons. The summed E-state index contributed by atoms with van der Waals surface area (Å²) in [6, 6.07) is 11.3. The highest BCUT2D eigenvalue weighted by Crippen LogP contribution is 2.39. The largest absolute Gasteiger partial charge is 0.326 e. The maximum Gasteiger partial charge on any atom is 0.0139 e. The Kier molecular flexibility index (Phi) is 9.33. The quantitative estimate of drug-likeness (QED) is 0.767. The molecule has 0 heterocycles. The minimum atomic E-state index is -0.0646. The third kappa shape index (κ3) is 7.15. The molecule has 22 heavy (non-hydrogen) atoms. The van der Waals surface area contributed by atoms with Crippen molar-refractivity contribution in [3.8, 4) is 0 Å². The van der Waals surface area contributed by atoms with Crippen LogP contribution in [0.1, 0.15) is 45.6 Å². The van der Waals surface area contributed by atoms with Gasteiger partial charge in [0.15, 0.2) is 0 Å². The summed E-state index contributed by atoms with van der Waals surface area (Å²) in [5, 5.41) is 3.64. The molecule has 2 rings (SSSR count). The topological polar surface area (TPSA) is 38.0 Å². The molecule has 1 unspecified atom stereocenters. The van der Waals surface area contributed by atoms with Gasteiger partial charge in [0.25, 0.3) is 0 Å². The second-order valence-corrected chi connectivity index (χ2v) is 6.62. The van der Waals surface area contributed by atoms with Gasteiger partial charge in [-0.1, -0.05) is 48.9 Å². The van der Waals surface area contributed by atoms with E-state index in [4.69, 9.17) is 5.73 Å². The van der Waals surface area contributed by atoms with E-state index < -0.39 is 0 Å². The molecule has 1 saturated carbocycles. The SMILES string of the molecule is CCC(=Cc1ccccc1)C1C[C@@H]1NCCC(C)(C)N.Cl.Cl. The molecule has 1 aliphatic rings. The van der Waals surface area contributed by atoms with Crippen molar-refractivity contribution in [1.82, 2.24) is 5.32 Å². The van der Waals surface area contributed by atoms with Gasteiger partial charge in [-0.2, -0.15) is 0 Å². The predicted octanol–water partition coefficient (Wildman–Crippen LogP) is 4.43. The maximum atomic E-state index is 6.01. The highest BCUT2D eigenvalue weighted by molar-refractivity contribution is 5.85. The van der Waals surface area contributed by atoms with Crippen molar-refractivity contribution >= 4 is 30.9 Å². The minimum absolute atomic E-state index is 0. The van der Waals surface area contributed by atoms with Crippen molar-refractivity contribution in [1.29, 1.82) is 0 Å². The Balaban J connectivity index is 0.00000220. The van der Waals surface area contributed by atoms with Crippen LogP contribution < -0.4 is 11.1 Å². The van der Waals surface area contributed by atoms with E-state index in [2.05, 4.69) is 62.5 Å². The first-order valence-corrected chi connectivity index (χ1v) is 7.77. The van der Waals surface area contributed by atoms with Gasteiger partial charge in [0.2, 0.25) is 0 Å². The highest BCUT2D eigenvalue weighted by Gasteiger charge is 2.38. The first-order chi connectivity index (χ1) is 9.49. The number of rotatable bonds is 7. The summed E-state index contributed by atoms with van der Waals surface area (Å²) in [5.74, 6) is 0.723. The molecule has 0 saturated heterocycles. The third-order valence-corrected chi connectivity index (χ3v) is 4.00. The van der Waals surface area contributed by atoms with E-state index in [0.717, 1.165) is 25.3 Å². The van der Waals surface area contributed by atoms with Gasteiger partial charge >= 0.3 is 0 Å². The van der Waals surface area contributed by atoms with E-state index in [-0.39, 0.29) is 30.4 Å². The van der Waals surface area contributed by atoms with Crippen molar-refractivity contribution < 1.29 is 0 Å². The monoisotopic (exact) mass is 344 g/mol. The molecule has 3 N–H and O–H groups in total. The van der Waals surface area contributed by atoms with Crippen molar-refractivity contribution in [2.45, 2.75) is 51.6 Å². The van der Waals surface area contributed by atoms with Gasteiger partial charge < -0.3 is 11.1 Å². The van der Waals surface area contributed by atoms with E-state index in [0.29, 0.717) is 6.04 Å². The van der Waals surface area contributed by atoms with E-state index in [9.17, 15) is 0 Å². The fourth-order valence-corrected chi connectivity index (χ4v) is 2.64. The van der Waals surface area contributed by atoms with E-state index >= 15 is 0 Å². The molecule has 4 heteroatoms. The van der Waals surface area contributed by atoms with E-state index in [1.807, 2.05) is 0 Å². The summed E-state index contributed by atoms with van der Waals surface area (Å²) < 4.78 is 0. The molecule has 0 aliphatic heterocycles. The van der Waals surface area contributed by atoms with Crippen LogP contribution in [0, 0.1) is 5.92 Å². The number of nitrogens with one attached hydrogen (secondary N) is 1. The summed E-state index contributed by atoms with van der Waals surface area (Å²) >= 11 is 0. The molecular weight excluding hydrogens is 315 g/mol. The lowest BCUT2D eigenvalue weighted by Gasteiger charge is -2.18. The van der Waals surface area contributed by atoms with Crippen LogP contribution in [0.5, 0.6) is 0 Å². The summed E-state index contributed by atoms with van der Waals surface area (Å²) in [4.78, 5) is 0. The molecule has 2 atom stereocenters. The van der Waals surface area contributed by atoms with Crippen LogP contribution in [-0.4, -0.2) is 18.1 Å². The van der Waals surface area contributed by atoms with Gasteiger partial charge in [-0.25, -0.2) is 0 Å². The maximum absolute atomic E-state index is 6.01. The van der Waals surface area contributed by atoms with Crippen LogP contribution in [0.3, 0.4) is 0 Å². The van der Waals surface area contributed by atoms with Gasteiger partial charge in [-0.3, -0.25) is 0 Å². The smallest absolute Gasteiger partial charge is 0.0139 e. The lowest BCUT2D eigenvalue weighted by molar-refractivity contribution is 0.452. The molecule has 1 aromatic carbocycles. The fourth-order valence-electron chi connectivity index (χ4n) is 2.64. The van der Waals surface area contributed by atoms with Crippen LogP contribution in [0.2, 0.25) is 0 Å². The number of nitrogens with two attached hydrogens (primary N) is 1. The van der Waals surface area contributed by atoms with Crippen molar-refractivity contribution in [3.63, 3.8) is 0 Å². The van der Waals surface area contributed by atoms with Crippen LogP contribution in [-0.2, 0) is 0 Å². The van der Waals surface area contributed by atoms with Crippen LogP contribution in [0.4, 0.5) is 0 Å². The summed E-state index contributed by atoms with van der Waals surface area (Å²) in [5.41, 5.74) is 8.84. The zero-order valence-electron chi connectivity index (χ0n) is 13.8. The van der Waals surface area contributed by atoms with Gasteiger partial charge in [-0.15, -0.1) is 24.8 Å². The Hall–Kier alpha value is -0.540. The predicted molar refractivity (Wildman–Crippen MR) is 102 cm³/mol. The standard InChI is InChI=1S/C18H28N2.2ClH/c1-4-15(12-14-8-6-5-7-9-14)16-13-17(16)20-11-10-18(2,3)19;;/h5-9,12,16-17,20H,4,10-11,13,19H2,1-3H3;2*1H/t16?,17-;;/m0../s1. The van der Waals surface area contributed by atoms with E-state index in [1.54, 1.807) is 5.57 Å². The third-order valence-electron chi connectivity index (χ3n) is 4.00. The molecule has 1 aromatic rings. The van der Waals surface area contributed by atoms with Crippen LogP contribution in [0.25, 0.3) is 6.08 Å². The molecule has 0 aromatic heterocycles. The fraction of sp³-hybridized carbons (Fsp3) is 0.556. The Morgan fingerprint density at radius 1 is 1.27 bits per heavy atom. The first kappa shape index (κ1) is 21.5. The van der Waals surface area contributed by atoms with Gasteiger partial charge in [-0.05, 0) is 51.1 Å². The zero-order chi connectivity index (χ0) is 14.6. The Bertz CT molecular complexity index is 452. The van der Waals surface area contributed by atoms with Crippen LogP contribution >= 0.6 is 24.8 Å².